The average molecular weight is 921 g/mol. The number of carbonyl (C=O) groups is 3. The van der Waals surface area contributed by atoms with E-state index in [-0.39, 0.29) is 59.4 Å². The third kappa shape index (κ3) is 11.7. The van der Waals surface area contributed by atoms with Crippen LogP contribution in [0, 0.1) is 29.6 Å². The van der Waals surface area contributed by atoms with Gasteiger partial charge in [0.05, 0.1) is 40.4 Å². The number of benzene rings is 4. The molecule has 1 atom stereocenters. The van der Waals surface area contributed by atoms with Gasteiger partial charge in [0.25, 0.3) is 11.5 Å². The van der Waals surface area contributed by atoms with Gasteiger partial charge in [-0.1, -0.05) is 49.9 Å². The van der Waals surface area contributed by atoms with Crippen molar-refractivity contribution in [2.24, 2.45) is 5.92 Å². The lowest BCUT2D eigenvalue weighted by atomic mass is 10.00. The van der Waals surface area contributed by atoms with Gasteiger partial charge in [-0.25, -0.2) is 18.7 Å². The normalized spacial score (nSPS) is 14.8. The van der Waals surface area contributed by atoms with Gasteiger partial charge < -0.3 is 24.4 Å². The number of aliphatic hydroxyl groups is 1. The molecule has 67 heavy (non-hydrogen) atoms. The SMILES string of the molecule is [C-]#[N+]c1c(CCCCCCCn2nc(Cc3ccc(F)c(C(=O)N4CCN(C(=O)C5CC5)CC4)c3)c3ccccc3c2=O)cc(OC[C@](C)(O)C(=O)Oc2ccc(C#N)cc2)cc1C(F)(F)F. The standard InChI is InChI=1S/C50H48F4N6O7/c1-49(65,48(64)67-36-18-13-32(30-55)14-19-36)31-66-37-28-35(44(56-2)41(29-37)50(52,53)54)10-6-4-3-5-9-21-60-47(63)39-12-8-7-11-38(39)43(57-60)27-33-15-20-42(51)40(26-33)46(62)59-24-22-58(23-25-59)45(61)34-16-17-34/h7-8,11-15,18-20,26,28-29,34,65H,3-6,9-10,16-17,21-25,27,31H2,1H3/t49-/m0/s1. The Morgan fingerprint density at radius 3 is 2.24 bits per heavy atom. The Morgan fingerprint density at radius 1 is 0.896 bits per heavy atom. The zero-order chi connectivity index (χ0) is 47.9. The first-order valence-corrected chi connectivity index (χ1v) is 22.1. The van der Waals surface area contributed by atoms with Crippen molar-refractivity contribution in [1.29, 1.82) is 5.26 Å². The van der Waals surface area contributed by atoms with E-state index in [9.17, 15) is 37.5 Å². The molecule has 1 N–H and O–H groups in total. The first-order valence-electron chi connectivity index (χ1n) is 22.1. The van der Waals surface area contributed by atoms with Crippen LogP contribution < -0.4 is 15.0 Å². The van der Waals surface area contributed by atoms with Gasteiger partial charge in [0, 0.05) is 50.4 Å². The number of aromatic nitrogens is 2. The van der Waals surface area contributed by atoms with Crippen LogP contribution >= 0.6 is 0 Å². The number of rotatable bonds is 17. The molecule has 1 aliphatic heterocycles. The van der Waals surface area contributed by atoms with Gasteiger partial charge >= 0.3 is 12.1 Å². The number of hydrogen-bond acceptors (Lipinski definition) is 9. The predicted molar refractivity (Wildman–Crippen MR) is 238 cm³/mol. The molecule has 0 unspecified atom stereocenters. The zero-order valence-corrected chi connectivity index (χ0v) is 36.8. The molecule has 5 aromatic rings. The maximum Gasteiger partial charge on any atom is 0.407 e. The van der Waals surface area contributed by atoms with Crippen LogP contribution in [0.15, 0.2) is 83.7 Å². The van der Waals surface area contributed by atoms with E-state index in [4.69, 9.17) is 26.4 Å². The Morgan fingerprint density at radius 2 is 1.57 bits per heavy atom. The number of fused-ring (bicyclic) bond motifs is 1. The first kappa shape index (κ1) is 47.8. The molecule has 0 spiro atoms. The molecule has 1 saturated heterocycles. The summed E-state index contributed by atoms with van der Waals surface area (Å²) < 4.78 is 69.7. The van der Waals surface area contributed by atoms with E-state index in [1.807, 2.05) is 6.07 Å². The molecule has 348 valence electrons. The van der Waals surface area contributed by atoms with Gasteiger partial charge in [-0.05, 0) is 98.3 Å². The summed E-state index contributed by atoms with van der Waals surface area (Å²) in [4.78, 5) is 58.8. The lowest BCUT2D eigenvalue weighted by Crippen LogP contribution is -2.51. The summed E-state index contributed by atoms with van der Waals surface area (Å²) in [6.45, 7) is 9.59. The van der Waals surface area contributed by atoms with Crippen LogP contribution in [0.25, 0.3) is 15.6 Å². The molecule has 4 aromatic carbocycles. The third-order valence-corrected chi connectivity index (χ3v) is 11.9. The number of alkyl halides is 3. The molecule has 2 heterocycles. The number of halogens is 4. The summed E-state index contributed by atoms with van der Waals surface area (Å²) in [5.41, 5.74) is -2.80. The Balaban J connectivity index is 0.947. The number of aryl methyl sites for hydroxylation is 2. The molecule has 1 aromatic heterocycles. The molecule has 7 rings (SSSR count). The number of carbonyl (C=O) groups excluding carboxylic acids is 3. The minimum atomic E-state index is -4.89. The minimum Gasteiger partial charge on any atom is -0.490 e. The maximum atomic E-state index is 15.1. The second kappa shape index (κ2) is 20.6. The van der Waals surface area contributed by atoms with E-state index >= 15 is 4.39 Å². The summed E-state index contributed by atoms with van der Waals surface area (Å²) in [7, 11) is 0. The van der Waals surface area contributed by atoms with Crippen LogP contribution in [-0.2, 0) is 35.2 Å². The molecule has 13 nitrogen and oxygen atoms in total. The smallest absolute Gasteiger partial charge is 0.407 e. The molecule has 2 amide bonds. The molecule has 2 fully saturated rings. The maximum absolute atomic E-state index is 15.1. The monoisotopic (exact) mass is 920 g/mol. The van der Waals surface area contributed by atoms with Crippen molar-refractivity contribution >= 4 is 34.2 Å². The highest BCUT2D eigenvalue weighted by Crippen LogP contribution is 2.42. The summed E-state index contributed by atoms with van der Waals surface area (Å²) >= 11 is 0. The van der Waals surface area contributed by atoms with Crippen LogP contribution in [0.4, 0.5) is 23.2 Å². The van der Waals surface area contributed by atoms with Gasteiger partial charge in [0.15, 0.2) is 5.60 Å². The van der Waals surface area contributed by atoms with E-state index in [2.05, 4.69) is 4.85 Å². The van der Waals surface area contributed by atoms with E-state index in [1.165, 1.54) is 47.1 Å². The summed E-state index contributed by atoms with van der Waals surface area (Å²) in [6.07, 6.45) is 0.109. The molecule has 0 radical (unpaired) electrons. The summed E-state index contributed by atoms with van der Waals surface area (Å²) in [5.74, 6) is -2.30. The molecular weight excluding hydrogens is 873 g/mol. The van der Waals surface area contributed by atoms with Gasteiger partial charge in [-0.3, -0.25) is 14.4 Å². The number of hydrogen-bond donors (Lipinski definition) is 1. The van der Waals surface area contributed by atoms with Crippen LogP contribution in [0.5, 0.6) is 11.5 Å². The lowest BCUT2D eigenvalue weighted by Gasteiger charge is -2.35. The van der Waals surface area contributed by atoms with Crippen LogP contribution in [0.1, 0.15) is 90.2 Å². The Labute approximate surface area is 383 Å². The minimum absolute atomic E-state index is 0.0371. The van der Waals surface area contributed by atoms with Crippen molar-refractivity contribution in [1.82, 2.24) is 19.6 Å². The number of ether oxygens (including phenoxy) is 2. The second-order valence-electron chi connectivity index (χ2n) is 17.1. The highest BCUT2D eigenvalue weighted by atomic mass is 19.4. The summed E-state index contributed by atoms with van der Waals surface area (Å²) in [5, 5.41) is 25.6. The number of piperazine rings is 1. The predicted octanol–water partition coefficient (Wildman–Crippen LogP) is 8.19. The molecule has 1 saturated carbocycles. The highest BCUT2D eigenvalue weighted by molar-refractivity contribution is 5.95. The Kier molecular flexibility index (Phi) is 14.7. The van der Waals surface area contributed by atoms with Crippen LogP contribution in [0.3, 0.4) is 0 Å². The highest BCUT2D eigenvalue weighted by Gasteiger charge is 2.38. The summed E-state index contributed by atoms with van der Waals surface area (Å²) in [6, 6.07) is 20.8. The molecule has 0 bridgehead atoms. The molecule has 17 heteroatoms. The molecule has 1 aliphatic carbocycles. The van der Waals surface area contributed by atoms with Crippen molar-refractivity contribution in [2.45, 2.75) is 83.0 Å². The van der Waals surface area contributed by atoms with E-state index in [1.54, 1.807) is 40.1 Å². The number of nitrogens with zero attached hydrogens (tertiary/aromatic N) is 6. The van der Waals surface area contributed by atoms with Crippen molar-refractivity contribution in [2.75, 3.05) is 32.8 Å². The lowest BCUT2D eigenvalue weighted by molar-refractivity contribution is -0.156. The van der Waals surface area contributed by atoms with Crippen LogP contribution in [0.2, 0.25) is 0 Å². The van der Waals surface area contributed by atoms with E-state index in [0.717, 1.165) is 19.8 Å². The van der Waals surface area contributed by atoms with Gasteiger partial charge in [0.1, 0.15) is 23.9 Å². The fraction of sp³-hybridized carbons (Fsp3) is 0.380. The van der Waals surface area contributed by atoms with Crippen LogP contribution in [-0.4, -0.2) is 80.9 Å². The van der Waals surface area contributed by atoms with E-state index in [0.29, 0.717) is 91.9 Å². The average Bonchev–Trinajstić information content (AvgIpc) is 4.18. The molecular formula is C50H48F4N6O7. The van der Waals surface area contributed by atoms with Gasteiger partial charge in [0.2, 0.25) is 11.6 Å². The molecule has 2 aliphatic rings. The third-order valence-electron chi connectivity index (χ3n) is 11.9. The number of nitriles is 1. The second-order valence-corrected chi connectivity index (χ2v) is 17.1. The Hall–Kier alpha value is -7.11. The van der Waals surface area contributed by atoms with Crippen molar-refractivity contribution in [3.05, 3.63) is 140 Å². The fourth-order valence-electron chi connectivity index (χ4n) is 8.01. The number of unbranched alkanes of at least 4 members (excludes halogenated alkanes) is 4. The largest absolute Gasteiger partial charge is 0.490 e. The van der Waals surface area contributed by atoms with Crippen molar-refractivity contribution in [3.8, 4) is 17.6 Å². The fourth-order valence-corrected chi connectivity index (χ4v) is 8.01. The van der Waals surface area contributed by atoms with E-state index < -0.39 is 47.3 Å². The quantitative estimate of drug-likeness (QED) is 0.0319. The number of esters is 1. The topological polar surface area (TPSA) is 159 Å². The van der Waals surface area contributed by atoms with Gasteiger partial charge in [-0.15, -0.1) is 0 Å². The Bertz CT molecular complexity index is 2800. The first-order chi connectivity index (χ1) is 32.1. The zero-order valence-electron chi connectivity index (χ0n) is 36.8. The van der Waals surface area contributed by atoms with Gasteiger partial charge in [-0.2, -0.15) is 23.5 Å². The number of amides is 2. The van der Waals surface area contributed by atoms with Crippen molar-refractivity contribution < 1.29 is 46.5 Å². The van der Waals surface area contributed by atoms with Crippen molar-refractivity contribution in [3.63, 3.8) is 0 Å².